The number of H-pyrrole nitrogens is 1. The van der Waals surface area contributed by atoms with Gasteiger partial charge < -0.3 is 14.8 Å². The molecule has 1 aromatic carbocycles. The molecule has 0 saturated carbocycles. The highest BCUT2D eigenvalue weighted by atomic mass is 19.1. The average molecular weight is 236 g/mol. The first-order valence-corrected chi connectivity index (χ1v) is 5.23. The number of hydrogen-bond donors (Lipinski definition) is 2. The summed E-state index contributed by atoms with van der Waals surface area (Å²) in [5.41, 5.74) is 1.41. The van der Waals surface area contributed by atoms with Crippen LogP contribution in [0.25, 0.3) is 11.3 Å². The number of hydrogen-bond acceptors (Lipinski definition) is 3. The molecule has 0 amide bonds. The molecule has 2 aromatic rings. The van der Waals surface area contributed by atoms with E-state index in [1.807, 2.05) is 0 Å². The van der Waals surface area contributed by atoms with Gasteiger partial charge in [0, 0.05) is 12.0 Å². The molecule has 0 saturated heterocycles. The monoisotopic (exact) mass is 236 g/mol. The minimum Gasteiger partial charge on any atom is -0.494 e. The second-order valence-electron chi connectivity index (χ2n) is 3.57. The maximum Gasteiger partial charge on any atom is 0.165 e. The molecule has 0 atom stereocenters. The van der Waals surface area contributed by atoms with E-state index in [9.17, 15) is 4.39 Å². The molecule has 0 aliphatic heterocycles. The molecule has 0 radical (unpaired) electrons. The van der Waals surface area contributed by atoms with Gasteiger partial charge in [0.05, 0.1) is 25.6 Å². The van der Waals surface area contributed by atoms with E-state index in [2.05, 4.69) is 9.97 Å². The van der Waals surface area contributed by atoms with Crippen LogP contribution in [0.5, 0.6) is 5.75 Å². The van der Waals surface area contributed by atoms with Crippen LogP contribution in [0.3, 0.4) is 0 Å². The number of aliphatic hydroxyl groups is 1. The molecule has 2 N–H and O–H groups in total. The number of imidazole rings is 1. The second-order valence-corrected chi connectivity index (χ2v) is 3.57. The summed E-state index contributed by atoms with van der Waals surface area (Å²) in [7, 11) is 1.42. The molecule has 0 unspecified atom stereocenters. The number of aliphatic hydroxyl groups excluding tert-OH is 1. The Kier molecular flexibility index (Phi) is 3.39. The molecule has 90 valence electrons. The topological polar surface area (TPSA) is 58.1 Å². The Labute approximate surface area is 98.1 Å². The fraction of sp³-hybridized carbons (Fsp3) is 0.250. The summed E-state index contributed by atoms with van der Waals surface area (Å²) in [5.74, 6) is 0.478. The summed E-state index contributed by atoms with van der Waals surface area (Å²) >= 11 is 0. The number of aromatic nitrogens is 2. The van der Waals surface area contributed by atoms with Gasteiger partial charge >= 0.3 is 0 Å². The molecular formula is C12H13FN2O2. The van der Waals surface area contributed by atoms with Gasteiger partial charge in [-0.25, -0.2) is 9.37 Å². The van der Waals surface area contributed by atoms with Crippen molar-refractivity contribution in [3.63, 3.8) is 0 Å². The van der Waals surface area contributed by atoms with Crippen LogP contribution in [0.15, 0.2) is 24.4 Å². The van der Waals surface area contributed by atoms with Crippen LogP contribution in [-0.4, -0.2) is 28.8 Å². The molecule has 17 heavy (non-hydrogen) atoms. The Morgan fingerprint density at radius 2 is 2.29 bits per heavy atom. The smallest absolute Gasteiger partial charge is 0.165 e. The quantitative estimate of drug-likeness (QED) is 0.850. The maximum absolute atomic E-state index is 13.5. The Morgan fingerprint density at radius 3 is 2.94 bits per heavy atom. The first-order chi connectivity index (χ1) is 8.24. The van der Waals surface area contributed by atoms with Crippen molar-refractivity contribution in [2.24, 2.45) is 0 Å². The predicted molar refractivity (Wildman–Crippen MR) is 61.3 cm³/mol. The van der Waals surface area contributed by atoms with E-state index in [1.165, 1.54) is 13.2 Å². The van der Waals surface area contributed by atoms with Gasteiger partial charge in [-0.2, -0.15) is 0 Å². The van der Waals surface area contributed by atoms with Gasteiger partial charge in [-0.3, -0.25) is 0 Å². The average Bonchev–Trinajstić information content (AvgIpc) is 2.78. The molecule has 0 spiro atoms. The first kappa shape index (κ1) is 11.6. The zero-order chi connectivity index (χ0) is 12.3. The highest BCUT2D eigenvalue weighted by Gasteiger charge is 2.07. The minimum atomic E-state index is -0.414. The van der Waals surface area contributed by atoms with Gasteiger partial charge in [0.15, 0.2) is 11.6 Å². The van der Waals surface area contributed by atoms with E-state index in [1.54, 1.807) is 18.3 Å². The molecule has 0 fully saturated rings. The molecule has 1 aromatic heterocycles. The number of benzene rings is 1. The van der Waals surface area contributed by atoms with Crippen LogP contribution in [0.4, 0.5) is 4.39 Å². The minimum absolute atomic E-state index is 0.0317. The predicted octanol–water partition coefficient (Wildman–Crippen LogP) is 1.76. The van der Waals surface area contributed by atoms with E-state index in [0.29, 0.717) is 17.8 Å². The molecule has 2 rings (SSSR count). The summed E-state index contributed by atoms with van der Waals surface area (Å²) in [5, 5.41) is 8.78. The lowest BCUT2D eigenvalue weighted by molar-refractivity contribution is 0.297. The van der Waals surface area contributed by atoms with Crippen LogP contribution >= 0.6 is 0 Å². The van der Waals surface area contributed by atoms with Crippen molar-refractivity contribution < 1.29 is 14.2 Å². The van der Waals surface area contributed by atoms with Crippen LogP contribution in [-0.2, 0) is 6.42 Å². The molecule has 0 aliphatic rings. The molecule has 4 nitrogen and oxygen atoms in total. The Balaban J connectivity index is 2.29. The van der Waals surface area contributed by atoms with Gasteiger partial charge in [0.25, 0.3) is 0 Å². The van der Waals surface area contributed by atoms with Crippen LogP contribution in [0.2, 0.25) is 0 Å². The summed E-state index contributed by atoms with van der Waals surface area (Å²) in [6.07, 6.45) is 2.07. The summed E-state index contributed by atoms with van der Waals surface area (Å²) in [6, 6.07) is 4.70. The van der Waals surface area contributed by atoms with Gasteiger partial charge in [0.1, 0.15) is 5.82 Å². The Hall–Kier alpha value is -1.88. The number of nitrogens with one attached hydrogen (secondary N) is 1. The maximum atomic E-state index is 13.5. The fourth-order valence-electron chi connectivity index (χ4n) is 1.58. The third kappa shape index (κ3) is 2.45. The highest BCUT2D eigenvalue weighted by molar-refractivity contribution is 5.59. The van der Waals surface area contributed by atoms with Gasteiger partial charge in [-0.05, 0) is 18.2 Å². The number of halogens is 1. The zero-order valence-electron chi connectivity index (χ0n) is 9.40. The SMILES string of the molecule is COc1ccc(-c2cnc(CCO)[nH]2)cc1F. The van der Waals surface area contributed by atoms with Crippen molar-refractivity contribution in [3.8, 4) is 17.0 Å². The van der Waals surface area contributed by atoms with Crippen LogP contribution < -0.4 is 4.74 Å². The zero-order valence-corrected chi connectivity index (χ0v) is 9.40. The Morgan fingerprint density at radius 1 is 1.47 bits per heavy atom. The number of rotatable bonds is 4. The molecule has 0 aliphatic carbocycles. The summed E-state index contributed by atoms with van der Waals surface area (Å²) in [4.78, 5) is 7.10. The van der Waals surface area contributed by atoms with E-state index in [0.717, 1.165) is 5.69 Å². The van der Waals surface area contributed by atoms with Crippen molar-refractivity contribution in [3.05, 3.63) is 36.0 Å². The lowest BCUT2D eigenvalue weighted by atomic mass is 10.1. The lowest BCUT2D eigenvalue weighted by Crippen LogP contribution is -1.92. The van der Waals surface area contributed by atoms with E-state index in [-0.39, 0.29) is 12.4 Å². The van der Waals surface area contributed by atoms with Crippen molar-refractivity contribution in [1.29, 1.82) is 0 Å². The van der Waals surface area contributed by atoms with Crippen molar-refractivity contribution in [2.75, 3.05) is 13.7 Å². The number of methoxy groups -OCH3 is 1. The fourth-order valence-corrected chi connectivity index (χ4v) is 1.58. The van der Waals surface area contributed by atoms with E-state index < -0.39 is 5.82 Å². The summed E-state index contributed by atoms with van der Waals surface area (Å²) < 4.78 is 18.3. The first-order valence-electron chi connectivity index (χ1n) is 5.23. The number of aromatic amines is 1. The molecule has 5 heteroatoms. The standard InChI is InChI=1S/C12H13FN2O2/c1-17-11-3-2-8(6-9(11)13)10-7-14-12(15-10)4-5-16/h2-3,6-7,16H,4-5H2,1H3,(H,14,15). The van der Waals surface area contributed by atoms with Crippen molar-refractivity contribution in [1.82, 2.24) is 9.97 Å². The Bertz CT molecular complexity index is 511. The molecule has 0 bridgehead atoms. The highest BCUT2D eigenvalue weighted by Crippen LogP contribution is 2.24. The van der Waals surface area contributed by atoms with Crippen molar-refractivity contribution >= 4 is 0 Å². The van der Waals surface area contributed by atoms with Gasteiger partial charge in [0.2, 0.25) is 0 Å². The van der Waals surface area contributed by atoms with E-state index >= 15 is 0 Å². The second kappa shape index (κ2) is 4.97. The van der Waals surface area contributed by atoms with Gasteiger partial charge in [-0.15, -0.1) is 0 Å². The number of ether oxygens (including phenoxy) is 1. The van der Waals surface area contributed by atoms with Gasteiger partial charge in [-0.1, -0.05) is 0 Å². The molecular weight excluding hydrogens is 223 g/mol. The van der Waals surface area contributed by atoms with Crippen LogP contribution in [0.1, 0.15) is 5.82 Å². The van der Waals surface area contributed by atoms with Crippen LogP contribution in [0, 0.1) is 5.82 Å². The largest absolute Gasteiger partial charge is 0.494 e. The molecule has 1 heterocycles. The number of nitrogens with zero attached hydrogens (tertiary/aromatic N) is 1. The third-order valence-electron chi connectivity index (χ3n) is 2.44. The lowest BCUT2D eigenvalue weighted by Gasteiger charge is -2.03. The van der Waals surface area contributed by atoms with E-state index in [4.69, 9.17) is 9.84 Å². The summed E-state index contributed by atoms with van der Waals surface area (Å²) in [6.45, 7) is 0.0317. The normalized spacial score (nSPS) is 10.5. The third-order valence-corrected chi connectivity index (χ3v) is 2.44. The van der Waals surface area contributed by atoms with Crippen molar-refractivity contribution in [2.45, 2.75) is 6.42 Å².